The average Bonchev–Trinajstić information content (AvgIpc) is 3.17. The molecule has 1 N–H and O–H groups in total. The van der Waals surface area contributed by atoms with E-state index >= 15 is 0 Å². The summed E-state index contributed by atoms with van der Waals surface area (Å²) in [6.07, 6.45) is 0. The Morgan fingerprint density at radius 2 is 1.89 bits per heavy atom. The van der Waals surface area contributed by atoms with E-state index in [1.807, 2.05) is 36.4 Å². The first-order valence-corrected chi connectivity index (χ1v) is 8.55. The number of benzene rings is 2. The van der Waals surface area contributed by atoms with E-state index in [1.54, 1.807) is 27.0 Å². The van der Waals surface area contributed by atoms with Crippen molar-refractivity contribution in [3.05, 3.63) is 59.5 Å². The summed E-state index contributed by atoms with van der Waals surface area (Å²) in [7, 11) is 1.62. The molecule has 27 heavy (non-hydrogen) atoms. The molecule has 0 bridgehead atoms. The highest BCUT2D eigenvalue weighted by Gasteiger charge is 2.49. The van der Waals surface area contributed by atoms with Crippen molar-refractivity contribution in [2.45, 2.75) is 25.9 Å². The second-order valence-electron chi connectivity index (χ2n) is 6.80. The molecule has 0 saturated carbocycles. The van der Waals surface area contributed by atoms with Crippen molar-refractivity contribution in [3.63, 3.8) is 0 Å². The predicted octanol–water partition coefficient (Wildman–Crippen LogP) is 3.11. The molecule has 0 spiro atoms. The normalized spacial score (nSPS) is 19.6. The van der Waals surface area contributed by atoms with Crippen LogP contribution in [0.15, 0.2) is 47.0 Å². The molecule has 4 rings (SSSR count). The summed E-state index contributed by atoms with van der Waals surface area (Å²) in [6.45, 7) is 3.55. The quantitative estimate of drug-likeness (QED) is 0.718. The second kappa shape index (κ2) is 6.12. The summed E-state index contributed by atoms with van der Waals surface area (Å²) in [5.74, 6) is 1.08. The molecule has 2 heterocycles. The number of ether oxygens (including phenoxy) is 1. The lowest BCUT2D eigenvalue weighted by Gasteiger charge is -2.22. The number of carbonyl (C=O) groups excluding carboxylic acids is 2. The molecule has 0 radical (unpaired) electrons. The molecule has 0 aliphatic carbocycles. The van der Waals surface area contributed by atoms with E-state index in [-0.39, 0.29) is 12.5 Å². The van der Waals surface area contributed by atoms with Gasteiger partial charge in [-0.1, -0.05) is 23.4 Å². The molecule has 7 nitrogen and oxygen atoms in total. The van der Waals surface area contributed by atoms with Gasteiger partial charge in [0.15, 0.2) is 0 Å². The molecule has 1 aliphatic heterocycles. The number of nitrogens with zero attached hydrogens (tertiary/aromatic N) is 2. The van der Waals surface area contributed by atoms with Crippen LogP contribution in [0, 0.1) is 6.92 Å². The zero-order chi connectivity index (χ0) is 19.2. The molecule has 1 aliphatic rings. The summed E-state index contributed by atoms with van der Waals surface area (Å²) in [5.41, 5.74) is 0.118. The topological polar surface area (TPSA) is 84.7 Å². The van der Waals surface area contributed by atoms with Crippen molar-refractivity contribution in [3.8, 4) is 5.75 Å². The first-order valence-electron chi connectivity index (χ1n) is 8.55. The second-order valence-corrected chi connectivity index (χ2v) is 6.80. The number of nitrogens with one attached hydrogen (secondary N) is 1. The number of aryl methyl sites for hydroxylation is 1. The van der Waals surface area contributed by atoms with Crippen molar-refractivity contribution in [2.75, 3.05) is 7.11 Å². The van der Waals surface area contributed by atoms with E-state index in [0.717, 1.165) is 27.0 Å². The van der Waals surface area contributed by atoms with Gasteiger partial charge in [0, 0.05) is 6.07 Å². The smallest absolute Gasteiger partial charge is 0.325 e. The van der Waals surface area contributed by atoms with E-state index in [1.165, 1.54) is 0 Å². The zero-order valence-corrected chi connectivity index (χ0v) is 15.3. The molecule has 3 aromatic rings. The lowest BCUT2D eigenvalue weighted by molar-refractivity contribution is -0.131. The van der Waals surface area contributed by atoms with Crippen LogP contribution in [0.4, 0.5) is 4.79 Å². The van der Waals surface area contributed by atoms with Gasteiger partial charge < -0.3 is 14.6 Å². The van der Waals surface area contributed by atoms with Gasteiger partial charge in [-0.2, -0.15) is 0 Å². The van der Waals surface area contributed by atoms with Gasteiger partial charge in [0.25, 0.3) is 5.91 Å². The van der Waals surface area contributed by atoms with E-state index in [4.69, 9.17) is 9.26 Å². The number of hydrogen-bond acceptors (Lipinski definition) is 5. The standard InChI is InChI=1S/C20H19N3O4/c1-12-8-16(22-27-12)11-23-18(24)20(2,21-19(23)25)15-6-4-14-10-17(26-3)7-5-13(14)9-15/h4-10H,11H2,1-3H3,(H,21,25)/t20-/m1/s1. The van der Waals surface area contributed by atoms with Crippen molar-refractivity contribution >= 4 is 22.7 Å². The minimum Gasteiger partial charge on any atom is -0.497 e. The summed E-state index contributed by atoms with van der Waals surface area (Å²) in [6, 6.07) is 12.7. The highest BCUT2D eigenvalue weighted by Crippen LogP contribution is 2.32. The third kappa shape index (κ3) is 2.81. The van der Waals surface area contributed by atoms with Crippen LogP contribution in [0.1, 0.15) is 23.9 Å². The van der Waals surface area contributed by atoms with Gasteiger partial charge in [0.05, 0.1) is 13.7 Å². The Balaban J connectivity index is 1.67. The van der Waals surface area contributed by atoms with Crippen LogP contribution in [0.5, 0.6) is 5.75 Å². The number of aromatic nitrogens is 1. The Morgan fingerprint density at radius 1 is 1.15 bits per heavy atom. The molecule has 138 valence electrons. The summed E-state index contributed by atoms with van der Waals surface area (Å²) in [4.78, 5) is 26.7. The number of fused-ring (bicyclic) bond motifs is 1. The molecule has 2 aromatic carbocycles. The molecule has 1 atom stereocenters. The van der Waals surface area contributed by atoms with E-state index in [9.17, 15) is 9.59 Å². The fourth-order valence-electron chi connectivity index (χ4n) is 3.35. The lowest BCUT2D eigenvalue weighted by Crippen LogP contribution is -2.40. The third-order valence-corrected chi connectivity index (χ3v) is 4.90. The summed E-state index contributed by atoms with van der Waals surface area (Å²) in [5, 5.41) is 8.63. The summed E-state index contributed by atoms with van der Waals surface area (Å²) >= 11 is 0. The number of hydrogen-bond donors (Lipinski definition) is 1. The summed E-state index contributed by atoms with van der Waals surface area (Å²) < 4.78 is 10.3. The Bertz CT molecular complexity index is 1060. The first kappa shape index (κ1) is 17.1. The number of carbonyl (C=O) groups is 2. The minimum atomic E-state index is -1.13. The third-order valence-electron chi connectivity index (χ3n) is 4.90. The van der Waals surface area contributed by atoms with Crippen LogP contribution in [0.2, 0.25) is 0 Å². The Labute approximate surface area is 155 Å². The van der Waals surface area contributed by atoms with Crippen LogP contribution in [0.25, 0.3) is 10.8 Å². The van der Waals surface area contributed by atoms with Gasteiger partial charge in [-0.25, -0.2) is 4.79 Å². The molecule has 0 unspecified atom stereocenters. The molecule has 7 heteroatoms. The Morgan fingerprint density at radius 3 is 2.59 bits per heavy atom. The molecule has 1 fully saturated rings. The van der Waals surface area contributed by atoms with Gasteiger partial charge in [-0.05, 0) is 48.4 Å². The maximum absolute atomic E-state index is 13.1. The van der Waals surface area contributed by atoms with E-state index in [2.05, 4.69) is 10.5 Å². The van der Waals surface area contributed by atoms with Crippen molar-refractivity contribution in [1.29, 1.82) is 0 Å². The van der Waals surface area contributed by atoms with Crippen LogP contribution < -0.4 is 10.1 Å². The highest BCUT2D eigenvalue weighted by atomic mass is 16.5. The van der Waals surface area contributed by atoms with Crippen LogP contribution >= 0.6 is 0 Å². The molecule has 1 saturated heterocycles. The first-order chi connectivity index (χ1) is 12.9. The van der Waals surface area contributed by atoms with Crippen LogP contribution in [-0.4, -0.2) is 29.1 Å². The van der Waals surface area contributed by atoms with Crippen molar-refractivity contribution in [1.82, 2.24) is 15.4 Å². The molecule has 1 aromatic heterocycles. The molecular weight excluding hydrogens is 346 g/mol. The molecule has 3 amide bonds. The lowest BCUT2D eigenvalue weighted by atomic mass is 9.90. The largest absolute Gasteiger partial charge is 0.497 e. The van der Waals surface area contributed by atoms with Gasteiger partial charge in [-0.15, -0.1) is 0 Å². The number of rotatable bonds is 4. The highest BCUT2D eigenvalue weighted by molar-refractivity contribution is 6.07. The van der Waals surface area contributed by atoms with E-state index < -0.39 is 11.6 Å². The Hall–Kier alpha value is -3.35. The fourth-order valence-corrected chi connectivity index (χ4v) is 3.35. The van der Waals surface area contributed by atoms with Gasteiger partial charge in [-0.3, -0.25) is 9.69 Å². The fraction of sp³-hybridized carbons (Fsp3) is 0.250. The van der Waals surface area contributed by atoms with Gasteiger partial charge >= 0.3 is 6.03 Å². The maximum atomic E-state index is 13.1. The van der Waals surface area contributed by atoms with Gasteiger partial charge in [0.1, 0.15) is 22.7 Å². The average molecular weight is 365 g/mol. The minimum absolute atomic E-state index is 0.0718. The predicted molar refractivity (Wildman–Crippen MR) is 98.2 cm³/mol. The van der Waals surface area contributed by atoms with Crippen LogP contribution in [0.3, 0.4) is 0 Å². The molecular formula is C20H19N3O4. The number of imide groups is 1. The monoisotopic (exact) mass is 365 g/mol. The zero-order valence-electron chi connectivity index (χ0n) is 15.3. The maximum Gasteiger partial charge on any atom is 0.325 e. The van der Waals surface area contributed by atoms with Crippen LogP contribution in [-0.2, 0) is 16.9 Å². The van der Waals surface area contributed by atoms with Crippen molar-refractivity contribution in [2.24, 2.45) is 0 Å². The van der Waals surface area contributed by atoms with Gasteiger partial charge in [0.2, 0.25) is 0 Å². The number of urea groups is 1. The number of methoxy groups -OCH3 is 1. The SMILES string of the molecule is COc1ccc2cc([C@@]3(C)NC(=O)N(Cc4cc(C)on4)C3=O)ccc2c1. The number of amides is 3. The van der Waals surface area contributed by atoms with E-state index in [0.29, 0.717) is 11.5 Å². The van der Waals surface area contributed by atoms with Crippen molar-refractivity contribution < 1.29 is 18.8 Å². The Kier molecular flexibility index (Phi) is 3.87.